The van der Waals surface area contributed by atoms with Crippen molar-refractivity contribution in [1.29, 1.82) is 0 Å². The minimum Gasteiger partial charge on any atom is -0.481 e. The number of carbonyl (C=O) groups is 2. The van der Waals surface area contributed by atoms with E-state index in [1.807, 2.05) is 13.8 Å². The standard InChI is InChI=1S/C25H31F4N5O4/c1-23(2)12-14(21(35)31-15-4-7-24(37,8-5-15)25(27,28)29)6-9-34(23)22(36)19-11-18(32-33-19)16-10-20(38-3)30-13-17(16)26/h10-11,13-15,37H,4-9,12H2,1-3H3,(H,31,35)(H,32,33)/t14-,15?,24?/m0/s1. The van der Waals surface area contributed by atoms with Gasteiger partial charge in [-0.15, -0.1) is 0 Å². The number of aromatic nitrogens is 3. The molecule has 208 valence electrons. The number of H-pyrrole nitrogens is 1. The maximum absolute atomic E-state index is 14.3. The highest BCUT2D eigenvalue weighted by Gasteiger charge is 2.54. The zero-order chi connectivity index (χ0) is 27.9. The molecule has 38 heavy (non-hydrogen) atoms. The van der Waals surface area contributed by atoms with Gasteiger partial charge in [-0.05, 0) is 58.4 Å². The number of likely N-dealkylation sites (tertiary alicyclic amines) is 1. The topological polar surface area (TPSA) is 120 Å². The highest BCUT2D eigenvalue weighted by Crippen LogP contribution is 2.41. The molecule has 0 unspecified atom stereocenters. The molecule has 2 aliphatic rings. The fourth-order valence-corrected chi connectivity index (χ4v) is 5.29. The van der Waals surface area contributed by atoms with Gasteiger partial charge in [-0.2, -0.15) is 18.3 Å². The maximum Gasteiger partial charge on any atom is 0.417 e. The Morgan fingerprint density at radius 1 is 1.21 bits per heavy atom. The number of aliphatic hydroxyl groups is 1. The third-order valence-electron chi connectivity index (χ3n) is 7.60. The Hall–Kier alpha value is -3.22. The van der Waals surface area contributed by atoms with Gasteiger partial charge in [0, 0.05) is 35.7 Å². The largest absolute Gasteiger partial charge is 0.481 e. The van der Waals surface area contributed by atoms with Gasteiger partial charge in [-0.25, -0.2) is 9.37 Å². The van der Waals surface area contributed by atoms with E-state index in [4.69, 9.17) is 4.74 Å². The molecule has 2 fully saturated rings. The Kier molecular flexibility index (Phi) is 7.43. The molecule has 9 nitrogen and oxygen atoms in total. The SMILES string of the molecule is COc1cc(-c2cc(C(=O)N3CC[C@H](C(=O)NC4CCC(O)(C(F)(F)F)CC4)CC3(C)C)[nH]n2)c(F)cn1. The highest BCUT2D eigenvalue weighted by molar-refractivity contribution is 5.94. The molecule has 0 radical (unpaired) electrons. The third-order valence-corrected chi connectivity index (χ3v) is 7.60. The molecule has 2 amide bonds. The molecule has 0 spiro atoms. The minimum absolute atomic E-state index is 0.0363. The monoisotopic (exact) mass is 541 g/mol. The molecule has 1 aliphatic carbocycles. The van der Waals surface area contributed by atoms with Crippen LogP contribution in [0.4, 0.5) is 17.6 Å². The van der Waals surface area contributed by atoms with Crippen molar-refractivity contribution in [3.63, 3.8) is 0 Å². The van der Waals surface area contributed by atoms with Crippen molar-refractivity contribution in [3.8, 4) is 17.1 Å². The normalized spacial score (nSPS) is 25.6. The summed E-state index contributed by atoms with van der Waals surface area (Å²) >= 11 is 0. The van der Waals surface area contributed by atoms with E-state index in [2.05, 4.69) is 20.5 Å². The molecule has 1 saturated heterocycles. The second-order valence-electron chi connectivity index (χ2n) is 10.6. The average molecular weight is 542 g/mol. The predicted molar refractivity (Wildman–Crippen MR) is 128 cm³/mol. The molecule has 3 heterocycles. The van der Waals surface area contributed by atoms with E-state index in [9.17, 15) is 32.3 Å². The molecule has 3 N–H and O–H groups in total. The number of piperidine rings is 1. The van der Waals surface area contributed by atoms with E-state index in [0.29, 0.717) is 12.8 Å². The van der Waals surface area contributed by atoms with Crippen LogP contribution in [0, 0.1) is 11.7 Å². The molecule has 13 heteroatoms. The highest BCUT2D eigenvalue weighted by atomic mass is 19.4. The Morgan fingerprint density at radius 2 is 1.89 bits per heavy atom. The minimum atomic E-state index is -4.69. The number of nitrogens with zero attached hydrogens (tertiary/aromatic N) is 3. The molecule has 2 aromatic rings. The van der Waals surface area contributed by atoms with E-state index in [1.165, 1.54) is 19.2 Å². The van der Waals surface area contributed by atoms with Gasteiger partial charge in [0.2, 0.25) is 11.8 Å². The zero-order valence-corrected chi connectivity index (χ0v) is 21.4. The van der Waals surface area contributed by atoms with Crippen LogP contribution in [0.3, 0.4) is 0 Å². The first-order chi connectivity index (χ1) is 17.7. The summed E-state index contributed by atoms with van der Waals surface area (Å²) in [4.78, 5) is 31.7. The van der Waals surface area contributed by atoms with E-state index in [0.717, 1.165) is 6.20 Å². The van der Waals surface area contributed by atoms with Gasteiger partial charge in [0.1, 0.15) is 5.69 Å². The summed E-state index contributed by atoms with van der Waals surface area (Å²) in [6.45, 7) is 3.94. The summed E-state index contributed by atoms with van der Waals surface area (Å²) in [6, 6.07) is 2.38. The Labute approximate surface area is 217 Å². The number of hydrogen-bond acceptors (Lipinski definition) is 6. The Morgan fingerprint density at radius 3 is 2.50 bits per heavy atom. The first kappa shape index (κ1) is 27.8. The Balaban J connectivity index is 1.37. The molecule has 1 saturated carbocycles. The van der Waals surface area contributed by atoms with E-state index < -0.39 is 47.9 Å². The molecule has 1 aliphatic heterocycles. The van der Waals surface area contributed by atoms with Crippen molar-refractivity contribution < 1.29 is 37.0 Å². The number of methoxy groups -OCH3 is 1. The van der Waals surface area contributed by atoms with Crippen LogP contribution in [0.5, 0.6) is 5.88 Å². The lowest BCUT2D eigenvalue weighted by atomic mass is 9.80. The summed E-state index contributed by atoms with van der Waals surface area (Å²) in [6.07, 6.45) is -3.81. The lowest BCUT2D eigenvalue weighted by molar-refractivity contribution is -0.270. The second kappa shape index (κ2) is 10.2. The van der Waals surface area contributed by atoms with Gasteiger partial charge < -0.3 is 20.1 Å². The number of hydrogen-bond donors (Lipinski definition) is 3. The summed E-state index contributed by atoms with van der Waals surface area (Å²) in [5, 5.41) is 19.4. The van der Waals surface area contributed by atoms with Gasteiger partial charge >= 0.3 is 6.18 Å². The van der Waals surface area contributed by atoms with Crippen LogP contribution in [-0.2, 0) is 4.79 Å². The molecule has 0 aromatic carbocycles. The number of nitrogens with one attached hydrogen (secondary N) is 2. The van der Waals surface area contributed by atoms with Crippen LogP contribution in [0.1, 0.15) is 62.9 Å². The number of rotatable bonds is 5. The quantitative estimate of drug-likeness (QED) is 0.498. The lowest BCUT2D eigenvalue weighted by Gasteiger charge is -2.45. The van der Waals surface area contributed by atoms with E-state index in [1.54, 1.807) is 4.90 Å². The molecular weight excluding hydrogens is 510 g/mol. The number of aromatic amines is 1. The van der Waals surface area contributed by atoms with Crippen molar-refractivity contribution in [3.05, 3.63) is 29.8 Å². The summed E-state index contributed by atoms with van der Waals surface area (Å²) < 4.78 is 58.5. The molecule has 0 bridgehead atoms. The molecular formula is C25H31F4N5O4. The van der Waals surface area contributed by atoms with Gasteiger partial charge in [0.15, 0.2) is 11.4 Å². The maximum atomic E-state index is 14.3. The van der Waals surface area contributed by atoms with Crippen molar-refractivity contribution in [2.24, 2.45) is 5.92 Å². The smallest absolute Gasteiger partial charge is 0.417 e. The van der Waals surface area contributed by atoms with Crippen molar-refractivity contribution in [2.75, 3.05) is 13.7 Å². The lowest BCUT2D eigenvalue weighted by Crippen LogP contribution is -2.56. The van der Waals surface area contributed by atoms with Crippen molar-refractivity contribution >= 4 is 11.8 Å². The van der Waals surface area contributed by atoms with Crippen LogP contribution in [0.15, 0.2) is 18.3 Å². The van der Waals surface area contributed by atoms with Crippen LogP contribution < -0.4 is 10.1 Å². The number of ether oxygens (including phenoxy) is 1. The van der Waals surface area contributed by atoms with E-state index in [-0.39, 0.29) is 54.0 Å². The fourth-order valence-electron chi connectivity index (χ4n) is 5.29. The Bertz CT molecular complexity index is 1190. The third kappa shape index (κ3) is 5.47. The van der Waals surface area contributed by atoms with Crippen LogP contribution >= 0.6 is 0 Å². The number of alkyl halides is 3. The van der Waals surface area contributed by atoms with Gasteiger partial charge in [-0.3, -0.25) is 14.7 Å². The molecule has 4 rings (SSSR count). The number of halogens is 4. The van der Waals surface area contributed by atoms with Crippen LogP contribution in [0.2, 0.25) is 0 Å². The first-order valence-electron chi connectivity index (χ1n) is 12.4. The van der Waals surface area contributed by atoms with Crippen LogP contribution in [-0.4, -0.2) is 74.0 Å². The number of amides is 2. The summed E-state index contributed by atoms with van der Waals surface area (Å²) in [5.41, 5.74) is -2.92. The summed E-state index contributed by atoms with van der Waals surface area (Å²) in [7, 11) is 1.40. The average Bonchev–Trinajstić information content (AvgIpc) is 3.34. The summed E-state index contributed by atoms with van der Waals surface area (Å²) in [5.74, 6) is -1.47. The number of carbonyl (C=O) groups excluding carboxylic acids is 2. The second-order valence-corrected chi connectivity index (χ2v) is 10.6. The zero-order valence-electron chi connectivity index (χ0n) is 21.4. The van der Waals surface area contributed by atoms with Crippen molar-refractivity contribution in [2.45, 2.75) is 75.7 Å². The van der Waals surface area contributed by atoms with Gasteiger partial charge in [-0.1, -0.05) is 0 Å². The predicted octanol–water partition coefficient (Wildman–Crippen LogP) is 3.60. The fraction of sp³-hybridized carbons (Fsp3) is 0.600. The van der Waals surface area contributed by atoms with Gasteiger partial charge in [0.25, 0.3) is 5.91 Å². The van der Waals surface area contributed by atoms with E-state index >= 15 is 0 Å². The van der Waals surface area contributed by atoms with Crippen molar-refractivity contribution in [1.82, 2.24) is 25.4 Å². The number of pyridine rings is 1. The van der Waals surface area contributed by atoms with Gasteiger partial charge in [0.05, 0.1) is 19.0 Å². The van der Waals surface area contributed by atoms with Crippen LogP contribution in [0.25, 0.3) is 11.3 Å². The first-order valence-corrected chi connectivity index (χ1v) is 12.4. The molecule has 2 aromatic heterocycles. The molecule has 1 atom stereocenters.